The van der Waals surface area contributed by atoms with Crippen molar-refractivity contribution >= 4 is 17.7 Å². The molecule has 0 aliphatic carbocycles. The van der Waals surface area contributed by atoms with E-state index in [2.05, 4.69) is 10.6 Å². The van der Waals surface area contributed by atoms with E-state index in [1.165, 1.54) is 6.07 Å². The maximum atomic E-state index is 13.6. The number of nitrogens with one attached hydrogen (secondary N) is 2. The molecule has 1 fully saturated rings. The number of rotatable bonds is 7. The Morgan fingerprint density at radius 1 is 1.03 bits per heavy atom. The number of hydrogen-bond donors (Lipinski definition) is 2. The van der Waals surface area contributed by atoms with Crippen molar-refractivity contribution in [2.45, 2.75) is 19.3 Å². The second kappa shape index (κ2) is 10.9. The molecule has 0 unspecified atom stereocenters. The first kappa shape index (κ1) is 23.4. The van der Waals surface area contributed by atoms with Crippen molar-refractivity contribution < 1.29 is 32.2 Å². The van der Waals surface area contributed by atoms with Crippen LogP contribution in [0.25, 0.3) is 0 Å². The minimum atomic E-state index is -4.57. The van der Waals surface area contributed by atoms with E-state index in [1.54, 1.807) is 30.3 Å². The van der Waals surface area contributed by atoms with Crippen LogP contribution in [0.1, 0.15) is 16.7 Å². The van der Waals surface area contributed by atoms with Gasteiger partial charge >= 0.3 is 12.3 Å². The molecule has 0 spiro atoms. The van der Waals surface area contributed by atoms with E-state index >= 15 is 0 Å². The fourth-order valence-electron chi connectivity index (χ4n) is 3.18. The van der Waals surface area contributed by atoms with Crippen LogP contribution in [0.5, 0.6) is 0 Å². The molecule has 7 nitrogen and oxygen atoms in total. The van der Waals surface area contributed by atoms with E-state index in [9.17, 15) is 22.8 Å². The Kier molecular flexibility index (Phi) is 7.93. The van der Waals surface area contributed by atoms with Gasteiger partial charge in [0.25, 0.3) is 0 Å². The van der Waals surface area contributed by atoms with E-state index in [1.807, 2.05) is 11.0 Å². The van der Waals surface area contributed by atoms with E-state index < -0.39 is 30.3 Å². The van der Waals surface area contributed by atoms with Crippen LogP contribution in [0.4, 0.5) is 23.7 Å². The summed E-state index contributed by atoms with van der Waals surface area (Å²) in [4.78, 5) is 25.5. The van der Waals surface area contributed by atoms with Gasteiger partial charge in [-0.25, -0.2) is 4.79 Å². The molecule has 10 heteroatoms. The molecular formula is C22H24F3N3O4. The SMILES string of the molecule is O=C(CNC(=O)OCc1ccccc1)NCc1ccc(N2CCOCC2)cc1C(F)(F)F. The monoisotopic (exact) mass is 451 g/mol. The molecule has 1 aliphatic heterocycles. The van der Waals surface area contributed by atoms with Gasteiger partial charge in [-0.15, -0.1) is 0 Å². The maximum Gasteiger partial charge on any atom is 0.416 e. The largest absolute Gasteiger partial charge is 0.445 e. The Balaban J connectivity index is 1.51. The summed E-state index contributed by atoms with van der Waals surface area (Å²) in [5.74, 6) is -0.632. The van der Waals surface area contributed by atoms with Crippen LogP contribution in [-0.4, -0.2) is 44.8 Å². The van der Waals surface area contributed by atoms with Gasteiger partial charge in [-0.3, -0.25) is 4.79 Å². The van der Waals surface area contributed by atoms with Crippen LogP contribution < -0.4 is 15.5 Å². The zero-order valence-electron chi connectivity index (χ0n) is 17.3. The van der Waals surface area contributed by atoms with Gasteiger partial charge in [0.05, 0.1) is 18.8 Å². The highest BCUT2D eigenvalue weighted by molar-refractivity contribution is 5.82. The third-order valence-electron chi connectivity index (χ3n) is 4.86. The normalized spacial score (nSPS) is 14.0. The lowest BCUT2D eigenvalue weighted by Gasteiger charge is -2.29. The van der Waals surface area contributed by atoms with Gasteiger partial charge < -0.3 is 25.0 Å². The van der Waals surface area contributed by atoms with Gasteiger partial charge in [-0.1, -0.05) is 36.4 Å². The Bertz CT molecular complexity index is 916. The molecule has 1 saturated heterocycles. The highest BCUT2D eigenvalue weighted by atomic mass is 19.4. The smallest absolute Gasteiger partial charge is 0.416 e. The van der Waals surface area contributed by atoms with Crippen molar-refractivity contribution in [3.8, 4) is 0 Å². The summed E-state index contributed by atoms with van der Waals surface area (Å²) in [5.41, 5.74) is 0.373. The molecular weight excluding hydrogens is 427 g/mol. The molecule has 32 heavy (non-hydrogen) atoms. The molecule has 2 N–H and O–H groups in total. The molecule has 0 atom stereocenters. The number of morpholine rings is 1. The van der Waals surface area contributed by atoms with Crippen LogP contribution >= 0.6 is 0 Å². The van der Waals surface area contributed by atoms with Crippen molar-refractivity contribution in [2.24, 2.45) is 0 Å². The summed E-state index contributed by atoms with van der Waals surface area (Å²) in [6.07, 6.45) is -5.36. The van der Waals surface area contributed by atoms with Crippen LogP contribution in [0.2, 0.25) is 0 Å². The molecule has 0 aromatic heterocycles. The molecule has 2 aromatic carbocycles. The minimum Gasteiger partial charge on any atom is -0.445 e. The molecule has 3 rings (SSSR count). The van der Waals surface area contributed by atoms with Crippen LogP contribution in [0.15, 0.2) is 48.5 Å². The van der Waals surface area contributed by atoms with E-state index in [0.29, 0.717) is 32.0 Å². The lowest BCUT2D eigenvalue weighted by Crippen LogP contribution is -2.37. The Morgan fingerprint density at radius 2 is 1.75 bits per heavy atom. The first-order chi connectivity index (χ1) is 15.3. The Morgan fingerprint density at radius 3 is 2.44 bits per heavy atom. The summed E-state index contributed by atoms with van der Waals surface area (Å²) in [5, 5.41) is 4.67. The van der Waals surface area contributed by atoms with Crippen LogP contribution in [0.3, 0.4) is 0 Å². The summed E-state index contributed by atoms with van der Waals surface area (Å²) in [6.45, 7) is 1.25. The number of carbonyl (C=O) groups excluding carboxylic acids is 2. The zero-order valence-corrected chi connectivity index (χ0v) is 17.3. The Hall–Kier alpha value is -3.27. The lowest BCUT2D eigenvalue weighted by atomic mass is 10.0. The molecule has 2 amide bonds. The maximum absolute atomic E-state index is 13.6. The van der Waals surface area contributed by atoms with Crippen LogP contribution in [0, 0.1) is 0 Å². The quantitative estimate of drug-likeness (QED) is 0.677. The molecule has 1 heterocycles. The number of anilines is 1. The number of alkyl halides is 3. The number of carbonyl (C=O) groups is 2. The van der Waals surface area contributed by atoms with Gasteiger partial charge in [0, 0.05) is 25.3 Å². The summed E-state index contributed by atoms with van der Waals surface area (Å²) in [7, 11) is 0. The molecule has 0 saturated carbocycles. The zero-order chi connectivity index (χ0) is 23.0. The van der Waals surface area contributed by atoms with Crippen LogP contribution in [-0.2, 0) is 33.6 Å². The fraction of sp³-hybridized carbons (Fsp3) is 0.364. The predicted octanol–water partition coefficient (Wildman–Crippen LogP) is 3.08. The fourth-order valence-corrected chi connectivity index (χ4v) is 3.18. The van der Waals surface area contributed by atoms with Gasteiger partial charge in [0.1, 0.15) is 13.2 Å². The van der Waals surface area contributed by atoms with Gasteiger partial charge in [0.15, 0.2) is 0 Å². The average molecular weight is 451 g/mol. The third kappa shape index (κ3) is 6.88. The Labute approximate surface area is 183 Å². The number of hydrogen-bond acceptors (Lipinski definition) is 5. The predicted molar refractivity (Wildman–Crippen MR) is 111 cm³/mol. The average Bonchev–Trinajstić information content (AvgIpc) is 2.80. The van der Waals surface area contributed by atoms with Crippen molar-refractivity contribution in [3.05, 3.63) is 65.2 Å². The summed E-state index contributed by atoms with van der Waals surface area (Å²) in [6, 6.07) is 13.0. The standard InChI is InChI=1S/C22H24F3N3O4/c23-22(24,25)19-12-18(28-8-10-31-11-9-28)7-6-17(19)13-26-20(29)14-27-21(30)32-15-16-4-2-1-3-5-16/h1-7,12H,8-11,13-15H2,(H,26,29)(H,27,30). The van der Waals surface area contributed by atoms with Crippen molar-refractivity contribution in [1.82, 2.24) is 10.6 Å². The van der Waals surface area contributed by atoms with Gasteiger partial charge in [0.2, 0.25) is 5.91 Å². The second-order valence-electron chi connectivity index (χ2n) is 7.13. The number of ether oxygens (including phenoxy) is 2. The summed E-state index contributed by atoms with van der Waals surface area (Å²) >= 11 is 0. The second-order valence-corrected chi connectivity index (χ2v) is 7.13. The molecule has 2 aromatic rings. The molecule has 1 aliphatic rings. The first-order valence-corrected chi connectivity index (χ1v) is 10.1. The number of nitrogens with zero attached hydrogens (tertiary/aromatic N) is 1. The molecule has 0 bridgehead atoms. The van der Waals surface area contributed by atoms with Gasteiger partial charge in [-0.05, 0) is 23.3 Å². The lowest BCUT2D eigenvalue weighted by molar-refractivity contribution is -0.138. The summed E-state index contributed by atoms with van der Waals surface area (Å²) < 4.78 is 50.9. The van der Waals surface area contributed by atoms with Crippen molar-refractivity contribution in [1.29, 1.82) is 0 Å². The minimum absolute atomic E-state index is 0.0404. The third-order valence-corrected chi connectivity index (χ3v) is 4.86. The van der Waals surface area contributed by atoms with Crippen molar-refractivity contribution in [3.63, 3.8) is 0 Å². The first-order valence-electron chi connectivity index (χ1n) is 10.1. The van der Waals surface area contributed by atoms with Crippen molar-refractivity contribution in [2.75, 3.05) is 37.7 Å². The van der Waals surface area contributed by atoms with E-state index in [0.717, 1.165) is 11.6 Å². The molecule has 0 radical (unpaired) electrons. The number of halogens is 3. The highest BCUT2D eigenvalue weighted by Crippen LogP contribution is 2.35. The number of amides is 2. The number of benzene rings is 2. The highest BCUT2D eigenvalue weighted by Gasteiger charge is 2.34. The van der Waals surface area contributed by atoms with Gasteiger partial charge in [-0.2, -0.15) is 13.2 Å². The van der Waals surface area contributed by atoms with E-state index in [-0.39, 0.29) is 18.7 Å². The van der Waals surface area contributed by atoms with E-state index in [4.69, 9.17) is 9.47 Å². The topological polar surface area (TPSA) is 79.9 Å². The number of alkyl carbamates (subject to hydrolysis) is 1. The molecule has 172 valence electrons.